The third kappa shape index (κ3) is 2.74. The van der Waals surface area contributed by atoms with E-state index >= 15 is 0 Å². The normalized spacial score (nSPS) is 10.7. The van der Waals surface area contributed by atoms with E-state index in [1.165, 1.54) is 7.05 Å². The molecule has 0 N–H and O–H groups in total. The second-order valence-corrected chi connectivity index (χ2v) is 4.51. The zero-order valence-corrected chi connectivity index (χ0v) is 10.9. The summed E-state index contributed by atoms with van der Waals surface area (Å²) in [6, 6.07) is 7.22. The average Bonchev–Trinajstić information content (AvgIpc) is 2.39. The molecule has 0 saturated carbocycles. The Hall–Kier alpha value is -2.11. The van der Waals surface area contributed by atoms with Crippen LogP contribution in [0.25, 0.3) is 0 Å². The number of anilines is 1. The van der Waals surface area contributed by atoms with Crippen molar-refractivity contribution in [3.8, 4) is 0 Å². The summed E-state index contributed by atoms with van der Waals surface area (Å²) in [6.07, 6.45) is 0. The number of hydrogen-bond acceptors (Lipinski definition) is 2. The highest BCUT2D eigenvalue weighted by molar-refractivity contribution is 5.48. The molecule has 2 nitrogen and oxygen atoms in total. The van der Waals surface area contributed by atoms with Gasteiger partial charge >= 0.3 is 0 Å². The SMILES string of the molecule is Cc1ccc(CN(C)c2c(F)c(F)nc(F)c2F)cc1. The highest BCUT2D eigenvalue weighted by atomic mass is 19.2. The van der Waals surface area contributed by atoms with Gasteiger partial charge in [-0.1, -0.05) is 29.8 Å². The first kappa shape index (κ1) is 14.3. The summed E-state index contributed by atoms with van der Waals surface area (Å²) in [5.74, 6) is -6.32. The van der Waals surface area contributed by atoms with Crippen LogP contribution in [0.4, 0.5) is 23.2 Å². The number of nitrogens with zero attached hydrogens (tertiary/aromatic N) is 2. The molecule has 0 fully saturated rings. The van der Waals surface area contributed by atoms with E-state index in [-0.39, 0.29) is 6.54 Å². The fraction of sp³-hybridized carbons (Fsp3) is 0.214. The molecule has 6 heteroatoms. The van der Waals surface area contributed by atoms with E-state index in [1.54, 1.807) is 12.1 Å². The first-order valence-corrected chi connectivity index (χ1v) is 5.87. The topological polar surface area (TPSA) is 16.1 Å². The number of halogens is 4. The van der Waals surface area contributed by atoms with Gasteiger partial charge in [0, 0.05) is 13.6 Å². The van der Waals surface area contributed by atoms with Gasteiger partial charge in [-0.05, 0) is 12.5 Å². The Morgan fingerprint density at radius 1 is 0.950 bits per heavy atom. The molecule has 0 saturated heterocycles. The van der Waals surface area contributed by atoms with Gasteiger partial charge in [-0.2, -0.15) is 22.5 Å². The molecule has 106 valence electrons. The largest absolute Gasteiger partial charge is 0.365 e. The molecule has 0 radical (unpaired) electrons. The van der Waals surface area contributed by atoms with Crippen molar-refractivity contribution in [1.82, 2.24) is 4.98 Å². The lowest BCUT2D eigenvalue weighted by Gasteiger charge is -2.20. The number of benzene rings is 1. The van der Waals surface area contributed by atoms with Crippen LogP contribution >= 0.6 is 0 Å². The van der Waals surface area contributed by atoms with Crippen LogP contribution in [0.2, 0.25) is 0 Å². The molecule has 0 atom stereocenters. The van der Waals surface area contributed by atoms with E-state index < -0.39 is 29.2 Å². The zero-order chi connectivity index (χ0) is 14.9. The van der Waals surface area contributed by atoms with Crippen LogP contribution in [-0.4, -0.2) is 12.0 Å². The standard InChI is InChI=1S/C14H12F4N2/c1-8-3-5-9(6-4-8)7-20(2)12-10(15)13(17)19-14(18)11(12)16/h3-6H,7H2,1-2H3. The first-order chi connectivity index (χ1) is 9.40. The van der Waals surface area contributed by atoms with Crippen LogP contribution in [0, 0.1) is 30.5 Å². The van der Waals surface area contributed by atoms with Crippen molar-refractivity contribution in [3.63, 3.8) is 0 Å². The summed E-state index contributed by atoms with van der Waals surface area (Å²) in [4.78, 5) is 3.62. The summed E-state index contributed by atoms with van der Waals surface area (Å²) in [5.41, 5.74) is 1.03. The molecule has 0 aliphatic heterocycles. The van der Waals surface area contributed by atoms with E-state index in [1.807, 2.05) is 19.1 Å². The monoisotopic (exact) mass is 284 g/mol. The molecule has 1 aromatic carbocycles. The Bertz CT molecular complexity index is 600. The summed E-state index contributed by atoms with van der Waals surface area (Å²) in [7, 11) is 1.35. The van der Waals surface area contributed by atoms with Crippen molar-refractivity contribution >= 4 is 5.69 Å². The predicted molar refractivity (Wildman–Crippen MR) is 67.4 cm³/mol. The van der Waals surface area contributed by atoms with Gasteiger partial charge in [-0.15, -0.1) is 0 Å². The Balaban J connectivity index is 2.34. The molecule has 0 aliphatic rings. The van der Waals surface area contributed by atoms with E-state index in [2.05, 4.69) is 4.98 Å². The maximum absolute atomic E-state index is 13.6. The Morgan fingerprint density at radius 3 is 1.95 bits per heavy atom. The minimum Gasteiger partial charge on any atom is -0.365 e. The van der Waals surface area contributed by atoms with Gasteiger partial charge < -0.3 is 4.90 Å². The van der Waals surface area contributed by atoms with E-state index in [0.29, 0.717) is 0 Å². The van der Waals surface area contributed by atoms with Crippen LogP contribution in [0.3, 0.4) is 0 Å². The number of hydrogen-bond donors (Lipinski definition) is 0. The highest BCUT2D eigenvalue weighted by Gasteiger charge is 2.23. The molecule has 0 amide bonds. The molecule has 0 aliphatic carbocycles. The quantitative estimate of drug-likeness (QED) is 0.632. The second kappa shape index (κ2) is 5.48. The minimum absolute atomic E-state index is 0.108. The lowest BCUT2D eigenvalue weighted by molar-refractivity contribution is 0.407. The second-order valence-electron chi connectivity index (χ2n) is 4.51. The Morgan fingerprint density at radius 2 is 1.45 bits per heavy atom. The molecule has 1 aromatic heterocycles. The van der Waals surface area contributed by atoms with E-state index in [4.69, 9.17) is 0 Å². The van der Waals surface area contributed by atoms with Gasteiger partial charge in [-0.25, -0.2) is 0 Å². The molecule has 0 bridgehead atoms. The number of aryl methyl sites for hydroxylation is 1. The zero-order valence-electron chi connectivity index (χ0n) is 10.9. The van der Waals surface area contributed by atoms with Crippen molar-refractivity contribution in [3.05, 3.63) is 58.9 Å². The van der Waals surface area contributed by atoms with Crippen LogP contribution in [-0.2, 0) is 6.54 Å². The lowest BCUT2D eigenvalue weighted by Crippen LogP contribution is -2.21. The fourth-order valence-electron chi connectivity index (χ4n) is 1.86. The molecule has 0 spiro atoms. The molecule has 20 heavy (non-hydrogen) atoms. The number of rotatable bonds is 3. The van der Waals surface area contributed by atoms with Gasteiger partial charge in [0.25, 0.3) is 11.9 Å². The third-order valence-corrected chi connectivity index (χ3v) is 2.90. The molecular formula is C14H12F4N2. The summed E-state index contributed by atoms with van der Waals surface area (Å²) >= 11 is 0. The molecule has 2 rings (SSSR count). The fourth-order valence-corrected chi connectivity index (χ4v) is 1.86. The summed E-state index contributed by atoms with van der Waals surface area (Å²) in [6.45, 7) is 2.01. The Labute approximate surface area is 113 Å². The van der Waals surface area contributed by atoms with Gasteiger partial charge in [0.1, 0.15) is 5.69 Å². The van der Waals surface area contributed by atoms with Crippen LogP contribution in [0.15, 0.2) is 24.3 Å². The summed E-state index contributed by atoms with van der Waals surface area (Å²) in [5, 5.41) is 0. The molecule has 1 heterocycles. The highest BCUT2D eigenvalue weighted by Crippen LogP contribution is 2.26. The third-order valence-electron chi connectivity index (χ3n) is 2.90. The van der Waals surface area contributed by atoms with Crippen molar-refractivity contribution in [2.75, 3.05) is 11.9 Å². The molecular weight excluding hydrogens is 272 g/mol. The molecule has 0 unspecified atom stereocenters. The van der Waals surface area contributed by atoms with Crippen molar-refractivity contribution in [1.29, 1.82) is 0 Å². The number of aromatic nitrogens is 1. The maximum atomic E-state index is 13.6. The van der Waals surface area contributed by atoms with Crippen LogP contribution < -0.4 is 4.90 Å². The van der Waals surface area contributed by atoms with Gasteiger partial charge in [0.15, 0.2) is 0 Å². The van der Waals surface area contributed by atoms with E-state index in [0.717, 1.165) is 16.0 Å². The number of pyridine rings is 1. The Kier molecular flexibility index (Phi) is 3.92. The van der Waals surface area contributed by atoms with Crippen LogP contribution in [0.5, 0.6) is 0 Å². The average molecular weight is 284 g/mol. The van der Waals surface area contributed by atoms with Crippen molar-refractivity contribution in [2.24, 2.45) is 0 Å². The smallest absolute Gasteiger partial charge is 0.253 e. The van der Waals surface area contributed by atoms with Gasteiger partial charge in [0.2, 0.25) is 11.6 Å². The summed E-state index contributed by atoms with van der Waals surface area (Å²) < 4.78 is 53.3. The predicted octanol–water partition coefficient (Wildman–Crippen LogP) is 3.58. The minimum atomic E-state index is -1.66. The van der Waals surface area contributed by atoms with Gasteiger partial charge in [0.05, 0.1) is 0 Å². The van der Waals surface area contributed by atoms with Crippen molar-refractivity contribution < 1.29 is 17.6 Å². The lowest BCUT2D eigenvalue weighted by atomic mass is 10.1. The van der Waals surface area contributed by atoms with E-state index in [9.17, 15) is 17.6 Å². The molecule has 2 aromatic rings. The van der Waals surface area contributed by atoms with Crippen LogP contribution in [0.1, 0.15) is 11.1 Å². The van der Waals surface area contributed by atoms with Crippen molar-refractivity contribution in [2.45, 2.75) is 13.5 Å². The van der Waals surface area contributed by atoms with Gasteiger partial charge in [-0.3, -0.25) is 0 Å². The first-order valence-electron chi connectivity index (χ1n) is 5.87. The maximum Gasteiger partial charge on any atom is 0.253 e.